The molecule has 4 aromatic rings. The van der Waals surface area contributed by atoms with E-state index in [1.807, 2.05) is 30.3 Å². The predicted molar refractivity (Wildman–Crippen MR) is 123 cm³/mol. The molecule has 32 heavy (non-hydrogen) atoms. The van der Waals surface area contributed by atoms with Crippen molar-refractivity contribution in [2.75, 3.05) is 10.7 Å². The number of hydrazine groups is 1. The van der Waals surface area contributed by atoms with E-state index < -0.39 is 10.8 Å². The summed E-state index contributed by atoms with van der Waals surface area (Å²) in [4.78, 5) is 31.7. The number of benzene rings is 3. The van der Waals surface area contributed by atoms with Gasteiger partial charge in [-0.15, -0.1) is 0 Å². The maximum atomic E-state index is 12.7. The summed E-state index contributed by atoms with van der Waals surface area (Å²) >= 11 is 5.88. The number of halogens is 1. The number of anilines is 2. The summed E-state index contributed by atoms with van der Waals surface area (Å²) in [5.41, 5.74) is 5.94. The third kappa shape index (κ3) is 4.57. The van der Waals surface area contributed by atoms with E-state index in [0.717, 1.165) is 16.3 Å². The van der Waals surface area contributed by atoms with E-state index in [9.17, 15) is 14.9 Å². The zero-order valence-electron chi connectivity index (χ0n) is 16.6. The Hall–Kier alpha value is -4.24. The molecule has 160 valence electrons. The van der Waals surface area contributed by atoms with Crippen LogP contribution >= 0.6 is 11.6 Å². The highest BCUT2D eigenvalue weighted by atomic mass is 35.5. The Bertz CT molecular complexity index is 1290. The smallest absolute Gasteiger partial charge is 0.354 e. The normalized spacial score (nSPS) is 10.5. The quantitative estimate of drug-likeness (QED) is 0.280. The molecule has 1 heterocycles. The molecule has 0 saturated carbocycles. The third-order valence-corrected chi connectivity index (χ3v) is 4.96. The van der Waals surface area contributed by atoms with Crippen LogP contribution in [0.3, 0.4) is 0 Å². The summed E-state index contributed by atoms with van der Waals surface area (Å²) in [6.45, 7) is 0.289. The Morgan fingerprint density at radius 1 is 0.969 bits per heavy atom. The summed E-state index contributed by atoms with van der Waals surface area (Å²) in [6, 6.07) is 19.8. The molecular formula is C22H17ClN6O3. The van der Waals surface area contributed by atoms with Gasteiger partial charge < -0.3 is 5.32 Å². The fourth-order valence-corrected chi connectivity index (χ4v) is 3.29. The van der Waals surface area contributed by atoms with E-state index in [-0.39, 0.29) is 23.9 Å². The molecule has 3 N–H and O–H groups in total. The highest BCUT2D eigenvalue weighted by Gasteiger charge is 2.23. The summed E-state index contributed by atoms with van der Waals surface area (Å²) < 4.78 is 0. The number of nitrogens with one attached hydrogen (secondary N) is 3. The van der Waals surface area contributed by atoms with Crippen molar-refractivity contribution in [3.05, 3.63) is 99.3 Å². The van der Waals surface area contributed by atoms with Crippen LogP contribution in [0.25, 0.3) is 10.8 Å². The van der Waals surface area contributed by atoms with Crippen LogP contribution in [0.1, 0.15) is 15.9 Å². The number of carbonyl (C=O) groups excluding carboxylic acids is 1. The first-order valence-corrected chi connectivity index (χ1v) is 9.92. The van der Waals surface area contributed by atoms with E-state index in [4.69, 9.17) is 11.6 Å². The zero-order chi connectivity index (χ0) is 22.5. The van der Waals surface area contributed by atoms with E-state index in [1.165, 1.54) is 6.33 Å². The number of rotatable bonds is 7. The topological polar surface area (TPSA) is 122 Å². The van der Waals surface area contributed by atoms with Crippen LogP contribution in [0.2, 0.25) is 5.02 Å². The van der Waals surface area contributed by atoms with Crippen molar-refractivity contribution >= 4 is 45.6 Å². The minimum absolute atomic E-state index is 0.0156. The minimum Gasteiger partial charge on any atom is -0.360 e. The number of nitrogens with zero attached hydrogens (tertiary/aromatic N) is 3. The van der Waals surface area contributed by atoms with E-state index in [0.29, 0.717) is 10.6 Å². The van der Waals surface area contributed by atoms with E-state index in [1.54, 1.807) is 36.4 Å². The predicted octanol–water partition coefficient (Wildman–Crippen LogP) is 4.56. The lowest BCUT2D eigenvalue weighted by Crippen LogP contribution is -2.30. The molecule has 0 spiro atoms. The van der Waals surface area contributed by atoms with E-state index in [2.05, 4.69) is 26.1 Å². The van der Waals surface area contributed by atoms with Gasteiger partial charge >= 0.3 is 5.69 Å². The number of fused-ring (bicyclic) bond motifs is 1. The largest absolute Gasteiger partial charge is 0.360 e. The molecule has 0 fully saturated rings. The van der Waals surface area contributed by atoms with Gasteiger partial charge in [-0.1, -0.05) is 60.1 Å². The van der Waals surface area contributed by atoms with Crippen molar-refractivity contribution in [1.82, 2.24) is 15.4 Å². The summed E-state index contributed by atoms with van der Waals surface area (Å²) in [6.07, 6.45) is 1.17. The van der Waals surface area contributed by atoms with Crippen LogP contribution in [-0.2, 0) is 6.54 Å². The van der Waals surface area contributed by atoms with Gasteiger partial charge in [0.15, 0.2) is 0 Å². The lowest BCUT2D eigenvalue weighted by Gasteiger charge is -2.12. The van der Waals surface area contributed by atoms with Crippen molar-refractivity contribution in [3.63, 3.8) is 0 Å². The fraction of sp³-hybridized carbons (Fsp3) is 0.0455. The van der Waals surface area contributed by atoms with Gasteiger partial charge in [0.05, 0.1) is 4.92 Å². The molecule has 10 heteroatoms. The van der Waals surface area contributed by atoms with Crippen LogP contribution in [0.4, 0.5) is 17.3 Å². The van der Waals surface area contributed by atoms with Gasteiger partial charge in [-0.2, -0.15) is 0 Å². The first-order valence-electron chi connectivity index (χ1n) is 9.55. The summed E-state index contributed by atoms with van der Waals surface area (Å²) in [5, 5.41) is 16.9. The molecular weight excluding hydrogens is 432 g/mol. The minimum atomic E-state index is -0.614. The standard InChI is InChI=1S/C22H17ClN6O3/c23-16-10-8-14(9-11-16)12-24-20-19(29(31)32)21(26-13-25-20)27-28-22(30)18-7-3-5-15-4-1-2-6-17(15)18/h1-11,13H,12H2,(H,28,30)(H2,24,25,26,27). The van der Waals surface area contributed by atoms with Gasteiger partial charge in [0.25, 0.3) is 5.91 Å². The molecule has 1 amide bonds. The maximum absolute atomic E-state index is 12.7. The van der Waals surface area contributed by atoms with Crippen LogP contribution in [-0.4, -0.2) is 20.8 Å². The van der Waals surface area contributed by atoms with Crippen LogP contribution in [0, 0.1) is 10.1 Å². The van der Waals surface area contributed by atoms with Gasteiger partial charge in [0.1, 0.15) is 6.33 Å². The van der Waals surface area contributed by atoms with Gasteiger partial charge in [-0.25, -0.2) is 9.97 Å². The van der Waals surface area contributed by atoms with Crippen molar-refractivity contribution in [2.45, 2.75) is 6.54 Å². The highest BCUT2D eigenvalue weighted by molar-refractivity contribution is 6.30. The average molecular weight is 449 g/mol. The first kappa shape index (κ1) is 21.0. The van der Waals surface area contributed by atoms with Gasteiger partial charge in [-0.3, -0.25) is 25.8 Å². The molecule has 0 atom stereocenters. The monoisotopic (exact) mass is 448 g/mol. The van der Waals surface area contributed by atoms with E-state index >= 15 is 0 Å². The molecule has 0 bridgehead atoms. The first-order chi connectivity index (χ1) is 15.5. The molecule has 1 aromatic heterocycles. The number of hydrogen-bond acceptors (Lipinski definition) is 7. The van der Waals surface area contributed by atoms with Gasteiger partial charge in [0.2, 0.25) is 11.6 Å². The third-order valence-electron chi connectivity index (χ3n) is 4.71. The van der Waals surface area contributed by atoms with Crippen molar-refractivity contribution in [1.29, 1.82) is 0 Å². The average Bonchev–Trinajstić information content (AvgIpc) is 2.81. The number of carbonyl (C=O) groups is 1. The Morgan fingerprint density at radius 3 is 2.47 bits per heavy atom. The lowest BCUT2D eigenvalue weighted by atomic mass is 10.0. The number of aromatic nitrogens is 2. The van der Waals surface area contributed by atoms with Crippen LogP contribution < -0.4 is 16.2 Å². The second-order valence-electron chi connectivity index (χ2n) is 6.76. The van der Waals surface area contributed by atoms with Crippen molar-refractivity contribution in [3.8, 4) is 0 Å². The molecule has 0 aliphatic heterocycles. The van der Waals surface area contributed by atoms with Crippen LogP contribution in [0.5, 0.6) is 0 Å². The Kier molecular flexibility index (Phi) is 6.09. The highest BCUT2D eigenvalue weighted by Crippen LogP contribution is 2.29. The molecule has 0 aliphatic rings. The Morgan fingerprint density at radius 2 is 1.69 bits per heavy atom. The number of hydrogen-bond donors (Lipinski definition) is 3. The number of nitro groups is 1. The molecule has 0 aliphatic carbocycles. The second-order valence-corrected chi connectivity index (χ2v) is 7.20. The molecule has 9 nitrogen and oxygen atoms in total. The van der Waals surface area contributed by atoms with Gasteiger partial charge in [-0.05, 0) is 34.5 Å². The van der Waals surface area contributed by atoms with Crippen molar-refractivity contribution < 1.29 is 9.72 Å². The SMILES string of the molecule is O=C(NNc1ncnc(NCc2ccc(Cl)cc2)c1[N+](=O)[O-])c1cccc2ccccc12. The molecule has 0 radical (unpaired) electrons. The van der Waals surface area contributed by atoms with Crippen molar-refractivity contribution in [2.24, 2.45) is 0 Å². The molecule has 3 aromatic carbocycles. The molecule has 0 unspecified atom stereocenters. The zero-order valence-corrected chi connectivity index (χ0v) is 17.3. The molecule has 0 saturated heterocycles. The maximum Gasteiger partial charge on any atom is 0.354 e. The van der Waals surface area contributed by atoms with Crippen LogP contribution in [0.15, 0.2) is 73.1 Å². The fourth-order valence-electron chi connectivity index (χ4n) is 3.17. The van der Waals surface area contributed by atoms with Gasteiger partial charge in [0, 0.05) is 17.1 Å². The summed E-state index contributed by atoms with van der Waals surface area (Å²) in [5.74, 6) is -0.579. The second kappa shape index (κ2) is 9.27. The Balaban J connectivity index is 1.53. The lowest BCUT2D eigenvalue weighted by molar-refractivity contribution is -0.383. The summed E-state index contributed by atoms with van der Waals surface area (Å²) in [7, 11) is 0. The number of amides is 1. The Labute approximate surface area is 187 Å². The molecule has 4 rings (SSSR count).